The zero-order chi connectivity index (χ0) is 19.1. The Morgan fingerprint density at radius 2 is 2.04 bits per heavy atom. The molecule has 1 aromatic heterocycles. The molecule has 2 rings (SSSR count). The van der Waals surface area contributed by atoms with E-state index in [-0.39, 0.29) is 29.5 Å². The van der Waals surface area contributed by atoms with Crippen LogP contribution in [0.4, 0.5) is 5.13 Å². The maximum absolute atomic E-state index is 12.0. The molecule has 0 bridgehead atoms. The van der Waals surface area contributed by atoms with Crippen LogP contribution in [-0.2, 0) is 20.7 Å². The van der Waals surface area contributed by atoms with Gasteiger partial charge in [0.1, 0.15) is 0 Å². The molecule has 138 valence electrons. The highest BCUT2D eigenvalue weighted by Gasteiger charge is 2.14. The molecule has 0 saturated heterocycles. The molecule has 2 N–H and O–H groups in total. The Morgan fingerprint density at radius 3 is 2.73 bits per heavy atom. The standard InChI is InChI=1S/C16H15Cl2N3O4S/c1-2-25-14(23)6-10-8-26-16(20-10)21-13(22)7-19-15(24)11-4-3-9(17)5-12(11)18/h3-5,8H,2,6-7H2,1H3,(H,19,24)(H,20,21,22). The number of anilines is 1. The maximum Gasteiger partial charge on any atom is 0.311 e. The second-order valence-corrected chi connectivity index (χ2v) is 6.68. The quantitative estimate of drug-likeness (QED) is 0.677. The highest BCUT2D eigenvalue weighted by molar-refractivity contribution is 7.13. The number of benzene rings is 1. The van der Waals surface area contributed by atoms with Gasteiger partial charge in [0.25, 0.3) is 5.91 Å². The minimum atomic E-state index is -0.496. The van der Waals surface area contributed by atoms with Gasteiger partial charge in [-0.05, 0) is 25.1 Å². The van der Waals surface area contributed by atoms with E-state index in [1.165, 1.54) is 29.5 Å². The predicted octanol–water partition coefficient (Wildman–Crippen LogP) is 2.92. The lowest BCUT2D eigenvalue weighted by atomic mass is 10.2. The average Bonchev–Trinajstić information content (AvgIpc) is 2.99. The number of carbonyl (C=O) groups excluding carboxylic acids is 3. The van der Waals surface area contributed by atoms with Crippen molar-refractivity contribution in [2.24, 2.45) is 0 Å². The molecule has 0 saturated carbocycles. The van der Waals surface area contributed by atoms with Crippen molar-refractivity contribution in [3.05, 3.63) is 44.9 Å². The van der Waals surface area contributed by atoms with Crippen LogP contribution in [0.1, 0.15) is 23.0 Å². The number of rotatable bonds is 7. The van der Waals surface area contributed by atoms with E-state index in [4.69, 9.17) is 27.9 Å². The number of nitrogens with zero attached hydrogens (tertiary/aromatic N) is 1. The molecular formula is C16H15Cl2N3O4S. The Kier molecular flexibility index (Phi) is 7.38. The van der Waals surface area contributed by atoms with Crippen molar-refractivity contribution in [3.63, 3.8) is 0 Å². The Morgan fingerprint density at radius 1 is 1.27 bits per heavy atom. The molecule has 26 heavy (non-hydrogen) atoms. The molecule has 1 heterocycles. The van der Waals surface area contributed by atoms with Crippen LogP contribution >= 0.6 is 34.5 Å². The molecule has 0 atom stereocenters. The molecule has 2 amide bonds. The normalized spacial score (nSPS) is 10.3. The second kappa shape index (κ2) is 9.51. The Balaban J connectivity index is 1.84. The van der Waals surface area contributed by atoms with Gasteiger partial charge < -0.3 is 15.4 Å². The Bertz CT molecular complexity index is 826. The summed E-state index contributed by atoms with van der Waals surface area (Å²) in [6.45, 7) is 1.75. The van der Waals surface area contributed by atoms with Crippen LogP contribution in [0.5, 0.6) is 0 Å². The number of hydrogen-bond acceptors (Lipinski definition) is 6. The van der Waals surface area contributed by atoms with Crippen LogP contribution in [0.25, 0.3) is 0 Å². The number of ether oxygens (including phenoxy) is 1. The third-order valence-corrected chi connectivity index (χ3v) is 4.37. The summed E-state index contributed by atoms with van der Waals surface area (Å²) < 4.78 is 4.83. The molecule has 0 aliphatic carbocycles. The fourth-order valence-corrected chi connectivity index (χ4v) is 3.12. The van der Waals surface area contributed by atoms with E-state index < -0.39 is 11.8 Å². The van der Waals surface area contributed by atoms with Crippen molar-refractivity contribution in [3.8, 4) is 0 Å². The van der Waals surface area contributed by atoms with Gasteiger partial charge in [0.15, 0.2) is 5.13 Å². The SMILES string of the molecule is CCOC(=O)Cc1csc(NC(=O)CNC(=O)c2ccc(Cl)cc2Cl)n1. The van der Waals surface area contributed by atoms with Crippen LogP contribution in [0.2, 0.25) is 10.0 Å². The summed E-state index contributed by atoms with van der Waals surface area (Å²) in [7, 11) is 0. The van der Waals surface area contributed by atoms with E-state index in [9.17, 15) is 14.4 Å². The van der Waals surface area contributed by atoms with E-state index in [0.29, 0.717) is 22.5 Å². The first kappa shape index (κ1) is 20.2. The first-order chi connectivity index (χ1) is 12.4. The summed E-state index contributed by atoms with van der Waals surface area (Å²) in [5.41, 5.74) is 0.718. The summed E-state index contributed by atoms with van der Waals surface area (Å²) >= 11 is 12.9. The maximum atomic E-state index is 12.0. The van der Waals surface area contributed by atoms with Crippen molar-refractivity contribution >= 4 is 57.5 Å². The highest BCUT2D eigenvalue weighted by Crippen LogP contribution is 2.20. The zero-order valence-electron chi connectivity index (χ0n) is 13.7. The van der Waals surface area contributed by atoms with E-state index in [2.05, 4.69) is 15.6 Å². The summed E-state index contributed by atoms with van der Waals surface area (Å²) in [6.07, 6.45) is 0.0337. The summed E-state index contributed by atoms with van der Waals surface area (Å²) in [4.78, 5) is 39.5. The van der Waals surface area contributed by atoms with Gasteiger partial charge in [-0.1, -0.05) is 23.2 Å². The highest BCUT2D eigenvalue weighted by atomic mass is 35.5. The lowest BCUT2D eigenvalue weighted by molar-refractivity contribution is -0.142. The molecule has 0 radical (unpaired) electrons. The van der Waals surface area contributed by atoms with E-state index in [1.54, 1.807) is 12.3 Å². The lowest BCUT2D eigenvalue weighted by Crippen LogP contribution is -2.33. The third-order valence-electron chi connectivity index (χ3n) is 3.01. The largest absolute Gasteiger partial charge is 0.466 e. The number of amides is 2. The summed E-state index contributed by atoms with van der Waals surface area (Å²) in [5.74, 6) is -1.34. The van der Waals surface area contributed by atoms with Gasteiger partial charge >= 0.3 is 5.97 Å². The third kappa shape index (κ3) is 5.98. The Hall–Kier alpha value is -2.16. The molecule has 0 fully saturated rings. The first-order valence-corrected chi connectivity index (χ1v) is 9.15. The second-order valence-electron chi connectivity index (χ2n) is 4.98. The summed E-state index contributed by atoms with van der Waals surface area (Å²) in [5, 5.41) is 7.59. The topological polar surface area (TPSA) is 97.4 Å². The first-order valence-electron chi connectivity index (χ1n) is 7.52. The molecule has 0 unspecified atom stereocenters. The van der Waals surface area contributed by atoms with Crippen LogP contribution in [0, 0.1) is 0 Å². The van der Waals surface area contributed by atoms with Crippen LogP contribution < -0.4 is 10.6 Å². The van der Waals surface area contributed by atoms with Gasteiger partial charge in [-0.15, -0.1) is 11.3 Å². The van der Waals surface area contributed by atoms with Gasteiger partial charge in [-0.25, -0.2) is 4.98 Å². The molecule has 1 aromatic carbocycles. The average molecular weight is 416 g/mol. The van der Waals surface area contributed by atoms with Crippen LogP contribution in [0.15, 0.2) is 23.6 Å². The zero-order valence-corrected chi connectivity index (χ0v) is 16.0. The van der Waals surface area contributed by atoms with E-state index in [0.717, 1.165) is 0 Å². The summed E-state index contributed by atoms with van der Waals surface area (Å²) in [6, 6.07) is 4.45. The fourth-order valence-electron chi connectivity index (χ4n) is 1.90. The van der Waals surface area contributed by atoms with Gasteiger partial charge in [0.05, 0.1) is 35.9 Å². The predicted molar refractivity (Wildman–Crippen MR) is 99.9 cm³/mol. The van der Waals surface area contributed by atoms with Gasteiger partial charge in [-0.3, -0.25) is 14.4 Å². The van der Waals surface area contributed by atoms with Crippen molar-refractivity contribution < 1.29 is 19.1 Å². The molecule has 10 heteroatoms. The molecule has 2 aromatic rings. The van der Waals surface area contributed by atoms with Crippen LogP contribution in [-0.4, -0.2) is 35.9 Å². The van der Waals surface area contributed by atoms with Crippen molar-refractivity contribution in [2.75, 3.05) is 18.5 Å². The minimum Gasteiger partial charge on any atom is -0.466 e. The molecule has 0 aliphatic rings. The minimum absolute atomic E-state index is 0.0337. The van der Waals surface area contributed by atoms with Crippen LogP contribution in [0.3, 0.4) is 0 Å². The number of esters is 1. The number of nitrogens with one attached hydrogen (secondary N) is 2. The van der Waals surface area contributed by atoms with Crippen molar-refractivity contribution in [1.29, 1.82) is 0 Å². The number of hydrogen-bond donors (Lipinski definition) is 2. The smallest absolute Gasteiger partial charge is 0.311 e. The van der Waals surface area contributed by atoms with Gasteiger partial charge in [-0.2, -0.15) is 0 Å². The van der Waals surface area contributed by atoms with E-state index in [1.807, 2.05) is 0 Å². The fraction of sp³-hybridized carbons (Fsp3) is 0.250. The molecule has 0 aliphatic heterocycles. The van der Waals surface area contributed by atoms with Gasteiger partial charge in [0, 0.05) is 10.4 Å². The molecular weight excluding hydrogens is 401 g/mol. The number of carbonyl (C=O) groups is 3. The lowest BCUT2D eigenvalue weighted by Gasteiger charge is -2.07. The van der Waals surface area contributed by atoms with Crippen molar-refractivity contribution in [1.82, 2.24) is 10.3 Å². The van der Waals surface area contributed by atoms with Crippen molar-refractivity contribution in [2.45, 2.75) is 13.3 Å². The Labute approximate surface area is 163 Å². The monoisotopic (exact) mass is 415 g/mol. The molecule has 7 nitrogen and oxygen atoms in total. The number of aromatic nitrogens is 1. The number of thiazole rings is 1. The van der Waals surface area contributed by atoms with E-state index >= 15 is 0 Å². The van der Waals surface area contributed by atoms with Gasteiger partial charge in [0.2, 0.25) is 5.91 Å². The molecule has 0 spiro atoms. The number of halogens is 2.